The Morgan fingerprint density at radius 1 is 1.28 bits per heavy atom. The minimum absolute atomic E-state index is 0.166. The average molecular weight is 399 g/mol. The van der Waals surface area contributed by atoms with E-state index in [4.69, 9.17) is 9.47 Å². The first-order chi connectivity index (χ1) is 13.8. The summed E-state index contributed by atoms with van der Waals surface area (Å²) in [5.74, 6) is 1.71. The molecular formula is C21H29N5O3. The molecule has 2 saturated heterocycles. The van der Waals surface area contributed by atoms with Gasteiger partial charge in [-0.05, 0) is 68.2 Å². The molecule has 2 aliphatic heterocycles. The van der Waals surface area contributed by atoms with Crippen LogP contribution in [0.4, 0.5) is 0 Å². The van der Waals surface area contributed by atoms with Crippen LogP contribution in [0.15, 0.2) is 24.3 Å². The summed E-state index contributed by atoms with van der Waals surface area (Å²) in [6.07, 6.45) is 2.21. The third kappa shape index (κ3) is 3.61. The molecule has 8 nitrogen and oxygen atoms in total. The van der Waals surface area contributed by atoms with Crippen molar-refractivity contribution in [2.45, 2.75) is 58.2 Å². The number of nitrogens with zero attached hydrogens (tertiary/aromatic N) is 5. The van der Waals surface area contributed by atoms with Gasteiger partial charge in [0.05, 0.1) is 24.1 Å². The number of amides is 1. The van der Waals surface area contributed by atoms with Crippen LogP contribution < -0.4 is 4.74 Å². The fourth-order valence-electron chi connectivity index (χ4n) is 4.45. The smallest absolute Gasteiger partial charge is 0.229 e. The summed E-state index contributed by atoms with van der Waals surface area (Å²) in [6, 6.07) is 7.70. The second-order valence-corrected chi connectivity index (χ2v) is 9.02. The summed E-state index contributed by atoms with van der Waals surface area (Å²) in [5, 5.41) is 12.5. The third-order valence-corrected chi connectivity index (χ3v) is 6.04. The molecular weight excluding hydrogens is 370 g/mol. The highest BCUT2D eigenvalue weighted by molar-refractivity contribution is 5.85. The second-order valence-electron chi connectivity index (χ2n) is 9.02. The molecule has 1 amide bonds. The van der Waals surface area contributed by atoms with E-state index >= 15 is 0 Å². The van der Waals surface area contributed by atoms with Crippen molar-refractivity contribution >= 4 is 5.91 Å². The monoisotopic (exact) mass is 399 g/mol. The predicted octanol–water partition coefficient (Wildman–Crippen LogP) is 2.71. The summed E-state index contributed by atoms with van der Waals surface area (Å²) in [4.78, 5) is 15.6. The van der Waals surface area contributed by atoms with Gasteiger partial charge in [-0.3, -0.25) is 4.79 Å². The normalized spacial score (nSPS) is 21.7. The Morgan fingerprint density at radius 2 is 2.03 bits per heavy atom. The zero-order chi connectivity index (χ0) is 20.6. The Kier molecular flexibility index (Phi) is 5.06. The Morgan fingerprint density at radius 3 is 2.72 bits per heavy atom. The molecule has 29 heavy (non-hydrogen) atoms. The Labute approximate surface area is 171 Å². The van der Waals surface area contributed by atoms with Gasteiger partial charge < -0.3 is 14.4 Å². The van der Waals surface area contributed by atoms with Gasteiger partial charge in [0.15, 0.2) is 5.82 Å². The van der Waals surface area contributed by atoms with Gasteiger partial charge in [-0.25, -0.2) is 4.68 Å². The Balaban J connectivity index is 1.72. The van der Waals surface area contributed by atoms with Gasteiger partial charge in [0.1, 0.15) is 5.75 Å². The van der Waals surface area contributed by atoms with Crippen LogP contribution in [-0.4, -0.2) is 51.3 Å². The summed E-state index contributed by atoms with van der Waals surface area (Å²) in [6.45, 7) is 7.95. The lowest BCUT2D eigenvalue weighted by atomic mass is 9.77. The van der Waals surface area contributed by atoms with Crippen molar-refractivity contribution in [2.75, 3.05) is 20.3 Å². The number of rotatable bonds is 4. The Hall–Kier alpha value is -2.48. The van der Waals surface area contributed by atoms with Crippen molar-refractivity contribution in [3.05, 3.63) is 35.7 Å². The lowest BCUT2D eigenvalue weighted by Gasteiger charge is -2.31. The topological polar surface area (TPSA) is 82.4 Å². The molecule has 1 atom stereocenters. The highest BCUT2D eigenvalue weighted by atomic mass is 16.5. The number of aromatic nitrogens is 4. The first kappa shape index (κ1) is 19.8. The molecule has 8 heteroatoms. The maximum Gasteiger partial charge on any atom is 0.229 e. The van der Waals surface area contributed by atoms with E-state index in [-0.39, 0.29) is 17.5 Å². The number of hydrogen-bond acceptors (Lipinski definition) is 6. The minimum Gasteiger partial charge on any atom is -0.497 e. The molecule has 1 aromatic heterocycles. The molecule has 2 aliphatic rings. The number of ether oxygens (including phenoxy) is 2. The predicted molar refractivity (Wildman–Crippen MR) is 106 cm³/mol. The van der Waals surface area contributed by atoms with Crippen LogP contribution in [0, 0.1) is 5.41 Å². The molecule has 0 bridgehead atoms. The molecule has 1 unspecified atom stereocenters. The average Bonchev–Trinajstić information content (AvgIpc) is 3.29. The molecule has 1 spiro atoms. The molecule has 156 valence electrons. The van der Waals surface area contributed by atoms with E-state index in [9.17, 15) is 4.79 Å². The summed E-state index contributed by atoms with van der Waals surface area (Å²) in [7, 11) is 1.65. The molecule has 2 fully saturated rings. The number of likely N-dealkylation sites (tertiary alicyclic amines) is 1. The summed E-state index contributed by atoms with van der Waals surface area (Å²) in [5.41, 5.74) is 0.368. The van der Waals surface area contributed by atoms with E-state index in [0.29, 0.717) is 19.8 Å². The number of carbonyl (C=O) groups excluding carboxylic acids is 1. The molecule has 0 saturated carbocycles. The van der Waals surface area contributed by atoms with Crippen molar-refractivity contribution in [3.63, 3.8) is 0 Å². The fraction of sp³-hybridized carbons (Fsp3) is 0.619. The zero-order valence-electron chi connectivity index (χ0n) is 17.6. The van der Waals surface area contributed by atoms with E-state index in [0.717, 1.165) is 36.4 Å². The molecule has 2 aromatic rings. The Bertz CT molecular complexity index is 882. The SMILES string of the molecule is COc1cccc(CN2C(=O)C3(CCOCC3)CC2c2nnnn2C(C)(C)C)c1. The summed E-state index contributed by atoms with van der Waals surface area (Å²) < 4.78 is 12.8. The zero-order valence-corrected chi connectivity index (χ0v) is 17.6. The van der Waals surface area contributed by atoms with Crippen molar-refractivity contribution in [1.29, 1.82) is 0 Å². The van der Waals surface area contributed by atoms with E-state index in [1.54, 1.807) is 7.11 Å². The van der Waals surface area contributed by atoms with Crippen molar-refractivity contribution in [2.24, 2.45) is 5.41 Å². The van der Waals surface area contributed by atoms with Gasteiger partial charge in [-0.2, -0.15) is 0 Å². The van der Waals surface area contributed by atoms with Crippen LogP contribution in [-0.2, 0) is 21.6 Å². The summed E-state index contributed by atoms with van der Waals surface area (Å²) >= 11 is 0. The lowest BCUT2D eigenvalue weighted by Crippen LogP contribution is -2.39. The highest BCUT2D eigenvalue weighted by Gasteiger charge is 2.54. The van der Waals surface area contributed by atoms with E-state index in [1.165, 1.54) is 0 Å². The van der Waals surface area contributed by atoms with Crippen molar-refractivity contribution in [1.82, 2.24) is 25.1 Å². The number of carbonyl (C=O) groups is 1. The highest BCUT2D eigenvalue weighted by Crippen LogP contribution is 2.50. The molecule has 0 radical (unpaired) electrons. The van der Waals surface area contributed by atoms with Crippen LogP contribution in [0.1, 0.15) is 57.5 Å². The van der Waals surface area contributed by atoms with Crippen LogP contribution in [0.3, 0.4) is 0 Å². The second kappa shape index (κ2) is 7.40. The number of methoxy groups -OCH3 is 1. The maximum absolute atomic E-state index is 13.7. The van der Waals surface area contributed by atoms with Gasteiger partial charge >= 0.3 is 0 Å². The van der Waals surface area contributed by atoms with E-state index in [1.807, 2.05) is 33.8 Å². The van der Waals surface area contributed by atoms with Gasteiger partial charge in [-0.1, -0.05) is 12.1 Å². The van der Waals surface area contributed by atoms with E-state index < -0.39 is 5.41 Å². The van der Waals surface area contributed by atoms with Crippen molar-refractivity contribution in [3.8, 4) is 5.75 Å². The van der Waals surface area contributed by atoms with Gasteiger partial charge in [0.25, 0.3) is 0 Å². The first-order valence-corrected chi connectivity index (χ1v) is 10.1. The number of benzene rings is 1. The van der Waals surface area contributed by atoms with Crippen LogP contribution >= 0.6 is 0 Å². The molecule has 0 aliphatic carbocycles. The number of tetrazole rings is 1. The quantitative estimate of drug-likeness (QED) is 0.786. The molecule has 4 rings (SSSR count). The largest absolute Gasteiger partial charge is 0.497 e. The standard InChI is InChI=1S/C21H29N5O3/c1-20(2,3)26-18(22-23-24-26)17-13-21(8-10-29-11-9-21)19(27)25(17)14-15-6-5-7-16(12-15)28-4/h5-7,12,17H,8-11,13-14H2,1-4H3. The lowest BCUT2D eigenvalue weighted by molar-refractivity contribution is -0.141. The van der Waals surface area contributed by atoms with Crippen LogP contribution in [0.2, 0.25) is 0 Å². The molecule has 0 N–H and O–H groups in total. The molecule has 1 aromatic carbocycles. The van der Waals surface area contributed by atoms with Gasteiger partial charge in [0.2, 0.25) is 5.91 Å². The maximum atomic E-state index is 13.7. The van der Waals surface area contributed by atoms with Crippen LogP contribution in [0.25, 0.3) is 0 Å². The first-order valence-electron chi connectivity index (χ1n) is 10.1. The van der Waals surface area contributed by atoms with Crippen LogP contribution in [0.5, 0.6) is 5.75 Å². The van der Waals surface area contributed by atoms with E-state index in [2.05, 4.69) is 36.3 Å². The minimum atomic E-state index is -0.392. The van der Waals surface area contributed by atoms with Gasteiger partial charge in [-0.15, -0.1) is 5.10 Å². The van der Waals surface area contributed by atoms with Gasteiger partial charge in [0, 0.05) is 19.8 Å². The fourth-order valence-corrected chi connectivity index (χ4v) is 4.45. The third-order valence-electron chi connectivity index (χ3n) is 6.04. The number of hydrogen-bond donors (Lipinski definition) is 0. The molecule has 3 heterocycles. The van der Waals surface area contributed by atoms with Crippen molar-refractivity contribution < 1.29 is 14.3 Å².